The number of ether oxygens (including phenoxy) is 1. The van der Waals surface area contributed by atoms with Gasteiger partial charge in [-0.2, -0.15) is 4.31 Å². The van der Waals surface area contributed by atoms with E-state index in [4.69, 9.17) is 4.74 Å². The zero-order valence-electron chi connectivity index (χ0n) is 18.2. The van der Waals surface area contributed by atoms with Crippen molar-refractivity contribution < 1.29 is 23.1 Å². The molecule has 9 nitrogen and oxygen atoms in total. The quantitative estimate of drug-likeness (QED) is 0.548. The minimum atomic E-state index is -3.82. The van der Waals surface area contributed by atoms with E-state index in [1.807, 2.05) is 6.92 Å². The standard InChI is InChI=1S/C21H30N4O5S/c1-16(20(30-4)14-24(3)21(27)19-12-22-10-11-23-19)13-25(17(2)15-26)31(28,29)18-8-6-5-7-9-18/h5-12,16-17,20,26H,13-15H2,1-4H3/t16-,17+,20+/m0/s1. The van der Waals surface area contributed by atoms with Gasteiger partial charge in [0.05, 0.1) is 23.8 Å². The Hall–Kier alpha value is -2.40. The topological polar surface area (TPSA) is 113 Å². The van der Waals surface area contributed by atoms with Crippen molar-refractivity contribution in [3.63, 3.8) is 0 Å². The molecule has 1 N–H and O–H groups in total. The van der Waals surface area contributed by atoms with Crippen molar-refractivity contribution in [3.8, 4) is 0 Å². The third-order valence-corrected chi connectivity index (χ3v) is 7.09. The maximum absolute atomic E-state index is 13.2. The van der Waals surface area contributed by atoms with Crippen LogP contribution in [-0.4, -0.2) is 84.6 Å². The van der Waals surface area contributed by atoms with Gasteiger partial charge in [0.2, 0.25) is 10.0 Å². The van der Waals surface area contributed by atoms with Crippen LogP contribution in [0.1, 0.15) is 24.3 Å². The Kier molecular flexibility index (Phi) is 9.05. The average molecular weight is 451 g/mol. The highest BCUT2D eigenvalue weighted by Gasteiger charge is 2.33. The lowest BCUT2D eigenvalue weighted by atomic mass is 10.0. The summed E-state index contributed by atoms with van der Waals surface area (Å²) < 4.78 is 33.2. The molecule has 2 rings (SSSR count). The van der Waals surface area contributed by atoms with Gasteiger partial charge >= 0.3 is 0 Å². The number of rotatable bonds is 11. The lowest BCUT2D eigenvalue weighted by Gasteiger charge is -2.33. The molecule has 31 heavy (non-hydrogen) atoms. The van der Waals surface area contributed by atoms with E-state index in [1.54, 1.807) is 32.2 Å². The fourth-order valence-corrected chi connectivity index (χ4v) is 4.92. The molecule has 0 aliphatic heterocycles. The first-order chi connectivity index (χ1) is 14.7. The molecule has 0 aliphatic rings. The lowest BCUT2D eigenvalue weighted by Crippen LogP contribution is -2.47. The molecule has 0 fully saturated rings. The molecule has 3 atom stereocenters. The number of aliphatic hydroxyl groups is 1. The number of hydrogen-bond acceptors (Lipinski definition) is 7. The minimum absolute atomic E-state index is 0.116. The molecule has 0 aliphatic carbocycles. The van der Waals surface area contributed by atoms with E-state index < -0.39 is 22.2 Å². The van der Waals surface area contributed by atoms with Gasteiger partial charge in [-0.05, 0) is 25.0 Å². The number of benzene rings is 1. The number of aromatic nitrogens is 2. The summed E-state index contributed by atoms with van der Waals surface area (Å²) in [6.07, 6.45) is 3.88. The molecular formula is C21H30N4O5S. The number of likely N-dealkylation sites (N-methyl/N-ethyl adjacent to an activating group) is 1. The van der Waals surface area contributed by atoms with Gasteiger partial charge < -0.3 is 14.7 Å². The lowest BCUT2D eigenvalue weighted by molar-refractivity contribution is 0.0219. The normalized spacial score (nSPS) is 14.8. The van der Waals surface area contributed by atoms with Crippen molar-refractivity contribution in [1.29, 1.82) is 0 Å². The Bertz CT molecular complexity index is 927. The van der Waals surface area contributed by atoms with E-state index >= 15 is 0 Å². The summed E-state index contributed by atoms with van der Waals surface area (Å²) in [5.41, 5.74) is 0.217. The predicted molar refractivity (Wildman–Crippen MR) is 116 cm³/mol. The number of sulfonamides is 1. The van der Waals surface area contributed by atoms with Crippen LogP contribution < -0.4 is 0 Å². The van der Waals surface area contributed by atoms with Crippen LogP contribution in [0.4, 0.5) is 0 Å². The van der Waals surface area contributed by atoms with Crippen molar-refractivity contribution in [1.82, 2.24) is 19.2 Å². The number of amides is 1. The summed E-state index contributed by atoms with van der Waals surface area (Å²) in [6.45, 7) is 3.54. The SMILES string of the molecule is CO[C@H](CN(C)C(=O)c1cnccn1)[C@@H](C)CN([C@H](C)CO)S(=O)(=O)c1ccccc1. The van der Waals surface area contributed by atoms with Gasteiger partial charge in [0.15, 0.2) is 0 Å². The second-order valence-electron chi connectivity index (χ2n) is 7.45. The molecule has 0 radical (unpaired) electrons. The molecule has 170 valence electrons. The van der Waals surface area contributed by atoms with Crippen molar-refractivity contribution in [3.05, 3.63) is 54.6 Å². The molecule has 1 aromatic carbocycles. The smallest absolute Gasteiger partial charge is 0.273 e. The van der Waals surface area contributed by atoms with Crippen LogP contribution in [0.2, 0.25) is 0 Å². The highest BCUT2D eigenvalue weighted by Crippen LogP contribution is 2.22. The van der Waals surface area contributed by atoms with Gasteiger partial charge in [0.25, 0.3) is 5.91 Å². The Morgan fingerprint density at radius 1 is 1.16 bits per heavy atom. The van der Waals surface area contributed by atoms with Crippen molar-refractivity contribution in [2.75, 3.05) is 33.9 Å². The molecule has 2 aromatic rings. The molecule has 0 saturated carbocycles. The molecule has 0 spiro atoms. The Morgan fingerprint density at radius 3 is 2.39 bits per heavy atom. The van der Waals surface area contributed by atoms with Gasteiger partial charge in [-0.25, -0.2) is 13.4 Å². The fourth-order valence-electron chi connectivity index (χ4n) is 3.18. The number of carbonyl (C=O) groups excluding carboxylic acids is 1. The third-order valence-electron chi connectivity index (χ3n) is 5.09. The Morgan fingerprint density at radius 2 is 1.84 bits per heavy atom. The highest BCUT2D eigenvalue weighted by molar-refractivity contribution is 7.89. The summed E-state index contributed by atoms with van der Waals surface area (Å²) >= 11 is 0. The van der Waals surface area contributed by atoms with Crippen LogP contribution in [0.3, 0.4) is 0 Å². The van der Waals surface area contributed by atoms with Gasteiger partial charge in [-0.1, -0.05) is 25.1 Å². The van der Waals surface area contributed by atoms with E-state index in [-0.39, 0.29) is 42.1 Å². The zero-order chi connectivity index (χ0) is 23.0. The second kappa shape index (κ2) is 11.3. The van der Waals surface area contributed by atoms with E-state index in [0.717, 1.165) is 0 Å². The van der Waals surface area contributed by atoms with Crippen molar-refractivity contribution in [2.24, 2.45) is 5.92 Å². The minimum Gasteiger partial charge on any atom is -0.395 e. The summed E-state index contributed by atoms with van der Waals surface area (Å²) in [4.78, 5) is 22.1. The van der Waals surface area contributed by atoms with E-state index in [9.17, 15) is 18.3 Å². The number of methoxy groups -OCH3 is 1. The molecule has 1 amide bonds. The Balaban J connectivity index is 2.17. The van der Waals surface area contributed by atoms with E-state index in [2.05, 4.69) is 9.97 Å². The molecule has 0 unspecified atom stereocenters. The maximum atomic E-state index is 13.2. The van der Waals surface area contributed by atoms with Crippen LogP contribution in [0.25, 0.3) is 0 Å². The predicted octanol–water partition coefficient (Wildman–Crippen LogP) is 1.27. The Labute approximate surface area is 183 Å². The van der Waals surface area contributed by atoms with E-state index in [0.29, 0.717) is 0 Å². The van der Waals surface area contributed by atoms with Crippen LogP contribution in [0.15, 0.2) is 53.8 Å². The molecule has 10 heteroatoms. The van der Waals surface area contributed by atoms with Crippen LogP contribution in [-0.2, 0) is 14.8 Å². The first-order valence-corrected chi connectivity index (χ1v) is 11.4. The van der Waals surface area contributed by atoms with Crippen LogP contribution in [0.5, 0.6) is 0 Å². The fraction of sp³-hybridized carbons (Fsp3) is 0.476. The molecule has 1 aromatic heterocycles. The summed E-state index contributed by atoms with van der Waals surface area (Å²) in [5, 5.41) is 9.67. The summed E-state index contributed by atoms with van der Waals surface area (Å²) in [5.74, 6) is -0.575. The largest absolute Gasteiger partial charge is 0.395 e. The zero-order valence-corrected chi connectivity index (χ0v) is 19.1. The number of carbonyl (C=O) groups is 1. The first kappa shape index (κ1) is 24.9. The first-order valence-electron chi connectivity index (χ1n) is 9.94. The molecule has 1 heterocycles. The average Bonchev–Trinajstić information content (AvgIpc) is 2.80. The number of aliphatic hydroxyl groups excluding tert-OH is 1. The number of nitrogens with zero attached hydrogens (tertiary/aromatic N) is 4. The third kappa shape index (κ3) is 6.30. The number of hydrogen-bond donors (Lipinski definition) is 1. The van der Waals surface area contributed by atoms with Gasteiger partial charge in [0.1, 0.15) is 5.69 Å². The van der Waals surface area contributed by atoms with Crippen LogP contribution >= 0.6 is 0 Å². The monoisotopic (exact) mass is 450 g/mol. The second-order valence-corrected chi connectivity index (χ2v) is 9.34. The van der Waals surface area contributed by atoms with Crippen LogP contribution in [0, 0.1) is 5.92 Å². The van der Waals surface area contributed by atoms with Gasteiger partial charge in [0, 0.05) is 45.7 Å². The van der Waals surface area contributed by atoms with Crippen molar-refractivity contribution >= 4 is 15.9 Å². The van der Waals surface area contributed by atoms with Gasteiger partial charge in [-0.3, -0.25) is 9.78 Å². The summed E-state index contributed by atoms with van der Waals surface area (Å²) in [6, 6.07) is 7.49. The molecular weight excluding hydrogens is 420 g/mol. The summed E-state index contributed by atoms with van der Waals surface area (Å²) in [7, 11) is -0.667. The van der Waals surface area contributed by atoms with Crippen molar-refractivity contribution in [2.45, 2.75) is 30.9 Å². The molecule has 0 bridgehead atoms. The van der Waals surface area contributed by atoms with E-state index in [1.165, 1.54) is 47.0 Å². The maximum Gasteiger partial charge on any atom is 0.273 e. The highest BCUT2D eigenvalue weighted by atomic mass is 32.2. The van der Waals surface area contributed by atoms with Gasteiger partial charge in [-0.15, -0.1) is 0 Å². The molecule has 0 saturated heterocycles.